The van der Waals surface area contributed by atoms with E-state index in [0.717, 1.165) is 0 Å². The molecule has 1 unspecified atom stereocenters. The molecular formula is C9H21NO3S. The Balaban J connectivity index is 4.13. The number of nitrogens with one attached hydrogen (secondary N) is 1. The van der Waals surface area contributed by atoms with Crippen molar-refractivity contribution in [3.8, 4) is 0 Å². The molecule has 0 aliphatic rings. The number of hydrogen-bond acceptors (Lipinski definition) is 3. The molecule has 0 bridgehead atoms. The van der Waals surface area contributed by atoms with Crippen LogP contribution in [-0.4, -0.2) is 31.4 Å². The lowest BCUT2D eigenvalue weighted by Gasteiger charge is -2.21. The monoisotopic (exact) mass is 223 g/mol. The zero-order valence-electron chi connectivity index (χ0n) is 9.37. The quantitative estimate of drug-likeness (QED) is 0.697. The zero-order valence-corrected chi connectivity index (χ0v) is 10.2. The van der Waals surface area contributed by atoms with Gasteiger partial charge in [-0.25, -0.2) is 13.1 Å². The van der Waals surface area contributed by atoms with Crippen molar-refractivity contribution >= 4 is 10.0 Å². The normalized spacial score (nSPS) is 17.0. The van der Waals surface area contributed by atoms with Crippen molar-refractivity contribution < 1.29 is 13.5 Å². The predicted octanol–water partition coefficient (Wildman–Crippen LogP) is 0.723. The van der Waals surface area contributed by atoms with Crippen LogP contribution in [0.1, 0.15) is 34.1 Å². The third kappa shape index (κ3) is 6.34. The van der Waals surface area contributed by atoms with Crippen molar-refractivity contribution in [2.75, 3.05) is 12.3 Å². The molecular weight excluding hydrogens is 202 g/mol. The van der Waals surface area contributed by atoms with Gasteiger partial charge in [-0.15, -0.1) is 0 Å². The summed E-state index contributed by atoms with van der Waals surface area (Å²) in [6.45, 7) is 7.20. The zero-order chi connectivity index (χ0) is 11.4. The van der Waals surface area contributed by atoms with Gasteiger partial charge < -0.3 is 5.11 Å². The Labute approximate surface area is 86.8 Å². The average molecular weight is 223 g/mol. The molecule has 0 saturated carbocycles. The van der Waals surface area contributed by atoms with E-state index in [9.17, 15) is 13.5 Å². The average Bonchev–Trinajstić information content (AvgIpc) is 1.99. The first-order chi connectivity index (χ1) is 6.18. The van der Waals surface area contributed by atoms with Crippen molar-refractivity contribution in [1.82, 2.24) is 4.72 Å². The maximum absolute atomic E-state index is 11.4. The molecule has 86 valence electrons. The van der Waals surface area contributed by atoms with Gasteiger partial charge in [-0.3, -0.25) is 0 Å². The lowest BCUT2D eigenvalue weighted by molar-refractivity contribution is 0.0613. The van der Waals surface area contributed by atoms with Crippen molar-refractivity contribution in [2.24, 2.45) is 5.92 Å². The van der Waals surface area contributed by atoms with Crippen molar-refractivity contribution in [1.29, 1.82) is 0 Å². The first kappa shape index (κ1) is 13.9. The summed E-state index contributed by atoms with van der Waals surface area (Å²) in [5.74, 6) is 0.200. The molecule has 4 nitrogen and oxygen atoms in total. The molecule has 0 aromatic heterocycles. The van der Waals surface area contributed by atoms with Crippen LogP contribution in [0.5, 0.6) is 0 Å². The second-order valence-electron chi connectivity index (χ2n) is 4.35. The fourth-order valence-corrected chi connectivity index (χ4v) is 2.41. The maximum atomic E-state index is 11.4. The summed E-state index contributed by atoms with van der Waals surface area (Å²) in [6.07, 6.45) is 0.525. The Morgan fingerprint density at radius 2 is 1.93 bits per heavy atom. The molecule has 0 spiro atoms. The van der Waals surface area contributed by atoms with E-state index in [-0.39, 0.29) is 18.2 Å². The van der Waals surface area contributed by atoms with Gasteiger partial charge in [-0.05, 0) is 19.3 Å². The van der Waals surface area contributed by atoms with Crippen LogP contribution in [0, 0.1) is 5.92 Å². The van der Waals surface area contributed by atoms with Gasteiger partial charge in [0.05, 0.1) is 11.4 Å². The SMILES string of the molecule is CCC(C)(O)CNS(=O)(=O)CC(C)C. The summed E-state index contributed by atoms with van der Waals surface area (Å²) < 4.78 is 25.2. The van der Waals surface area contributed by atoms with E-state index in [0.29, 0.717) is 6.42 Å². The summed E-state index contributed by atoms with van der Waals surface area (Å²) in [6, 6.07) is 0. The molecule has 0 aliphatic heterocycles. The highest BCUT2D eigenvalue weighted by molar-refractivity contribution is 7.89. The van der Waals surface area contributed by atoms with Gasteiger partial charge in [-0.1, -0.05) is 20.8 Å². The fraction of sp³-hybridized carbons (Fsp3) is 1.00. The van der Waals surface area contributed by atoms with E-state index >= 15 is 0 Å². The molecule has 0 radical (unpaired) electrons. The van der Waals surface area contributed by atoms with E-state index in [1.807, 2.05) is 20.8 Å². The van der Waals surface area contributed by atoms with Crippen LogP contribution in [0.3, 0.4) is 0 Å². The van der Waals surface area contributed by atoms with E-state index < -0.39 is 15.6 Å². The van der Waals surface area contributed by atoms with Crippen LogP contribution < -0.4 is 4.72 Å². The smallest absolute Gasteiger partial charge is 0.211 e. The highest BCUT2D eigenvalue weighted by atomic mass is 32.2. The van der Waals surface area contributed by atoms with Crippen molar-refractivity contribution in [3.63, 3.8) is 0 Å². The first-order valence-corrected chi connectivity index (χ1v) is 6.53. The Hall–Kier alpha value is -0.130. The van der Waals surface area contributed by atoms with E-state index in [4.69, 9.17) is 0 Å². The lowest BCUT2D eigenvalue weighted by atomic mass is 10.1. The molecule has 0 heterocycles. The maximum Gasteiger partial charge on any atom is 0.211 e. The van der Waals surface area contributed by atoms with Crippen molar-refractivity contribution in [3.05, 3.63) is 0 Å². The minimum atomic E-state index is -3.23. The fourth-order valence-electron chi connectivity index (χ4n) is 0.888. The van der Waals surface area contributed by atoms with Gasteiger partial charge in [0.2, 0.25) is 10.0 Å². The van der Waals surface area contributed by atoms with Crippen LogP contribution >= 0.6 is 0 Å². The molecule has 2 N–H and O–H groups in total. The first-order valence-electron chi connectivity index (χ1n) is 4.88. The third-order valence-electron chi connectivity index (χ3n) is 1.99. The second kappa shape index (κ2) is 5.09. The number of sulfonamides is 1. The molecule has 0 amide bonds. The van der Waals surface area contributed by atoms with Crippen LogP contribution in [0.25, 0.3) is 0 Å². The van der Waals surface area contributed by atoms with Gasteiger partial charge in [0.15, 0.2) is 0 Å². The molecule has 0 fully saturated rings. The standard InChI is InChI=1S/C9H21NO3S/c1-5-9(4,11)7-10-14(12,13)6-8(2)3/h8,10-11H,5-7H2,1-4H3. The van der Waals surface area contributed by atoms with Gasteiger partial charge in [0, 0.05) is 6.54 Å². The van der Waals surface area contributed by atoms with E-state index in [1.54, 1.807) is 6.92 Å². The molecule has 0 saturated heterocycles. The Morgan fingerprint density at radius 1 is 1.43 bits per heavy atom. The highest BCUT2D eigenvalue weighted by Gasteiger charge is 2.21. The Bertz CT molecular complexity index is 257. The van der Waals surface area contributed by atoms with Crippen LogP contribution in [-0.2, 0) is 10.0 Å². The molecule has 1 atom stereocenters. The number of hydrogen-bond donors (Lipinski definition) is 2. The number of rotatable bonds is 6. The molecule has 0 rings (SSSR count). The predicted molar refractivity (Wildman–Crippen MR) is 57.5 cm³/mol. The molecule has 0 aromatic rings. The summed E-state index contributed by atoms with van der Waals surface area (Å²) >= 11 is 0. The minimum absolute atomic E-state index is 0.0819. The minimum Gasteiger partial charge on any atom is -0.389 e. The van der Waals surface area contributed by atoms with E-state index in [2.05, 4.69) is 4.72 Å². The second-order valence-corrected chi connectivity index (χ2v) is 6.20. The molecule has 14 heavy (non-hydrogen) atoms. The van der Waals surface area contributed by atoms with Gasteiger partial charge in [0.1, 0.15) is 0 Å². The third-order valence-corrected chi connectivity index (χ3v) is 3.68. The highest BCUT2D eigenvalue weighted by Crippen LogP contribution is 2.07. The summed E-state index contributed by atoms with van der Waals surface area (Å²) in [5.41, 5.74) is -0.954. The van der Waals surface area contributed by atoms with Gasteiger partial charge >= 0.3 is 0 Å². The topological polar surface area (TPSA) is 66.4 Å². The van der Waals surface area contributed by atoms with Crippen molar-refractivity contribution in [2.45, 2.75) is 39.7 Å². The van der Waals surface area contributed by atoms with Crippen LogP contribution in [0.15, 0.2) is 0 Å². The molecule has 0 aromatic carbocycles. The summed E-state index contributed by atoms with van der Waals surface area (Å²) in [5, 5.41) is 9.59. The lowest BCUT2D eigenvalue weighted by Crippen LogP contribution is -2.41. The van der Waals surface area contributed by atoms with Gasteiger partial charge in [0.25, 0.3) is 0 Å². The van der Waals surface area contributed by atoms with E-state index in [1.165, 1.54) is 0 Å². The molecule has 0 aliphatic carbocycles. The Morgan fingerprint density at radius 3 is 2.29 bits per heavy atom. The summed E-state index contributed by atoms with van der Waals surface area (Å²) in [7, 11) is -3.23. The largest absolute Gasteiger partial charge is 0.389 e. The summed E-state index contributed by atoms with van der Waals surface area (Å²) in [4.78, 5) is 0. The Kier molecular flexibility index (Phi) is 5.05. The van der Waals surface area contributed by atoms with Gasteiger partial charge in [-0.2, -0.15) is 0 Å². The van der Waals surface area contributed by atoms with Crippen LogP contribution in [0.4, 0.5) is 0 Å². The molecule has 5 heteroatoms. The van der Waals surface area contributed by atoms with Crippen LogP contribution in [0.2, 0.25) is 0 Å². The number of aliphatic hydroxyl groups is 1.